The van der Waals surface area contributed by atoms with Crippen LogP contribution in [0.2, 0.25) is 0 Å². The average molecular weight is 412 g/mol. The minimum Gasteiger partial charge on any atom is -0.359 e. The molecular weight excluding hydrogens is 378 g/mol. The molecule has 8 heteroatoms. The minimum absolute atomic E-state index is 0.00227. The number of nitrogens with one attached hydrogen (secondary N) is 2. The van der Waals surface area contributed by atoms with E-state index >= 15 is 0 Å². The minimum atomic E-state index is -0.363. The van der Waals surface area contributed by atoms with Crippen LogP contribution in [0.15, 0.2) is 0 Å². The molecule has 0 radical (unpaired) electrons. The number of hydrogen-bond donors (Lipinski definition) is 2. The number of carbonyl (C=O) groups is 4. The van der Waals surface area contributed by atoms with E-state index in [-0.39, 0.29) is 47.1 Å². The Morgan fingerprint density at radius 2 is 1.89 bits per heavy atom. The van der Waals surface area contributed by atoms with Crippen LogP contribution in [0, 0.1) is 11.8 Å². The molecule has 0 aromatic carbocycles. The lowest BCUT2D eigenvalue weighted by atomic mass is 9.81. The van der Waals surface area contributed by atoms with Gasteiger partial charge in [0.1, 0.15) is 0 Å². The summed E-state index contributed by atoms with van der Waals surface area (Å²) in [5.41, 5.74) is 0. The van der Waals surface area contributed by atoms with Crippen molar-refractivity contribution in [1.82, 2.24) is 15.5 Å². The lowest BCUT2D eigenvalue weighted by Gasteiger charge is -2.29. The fraction of sp³-hybridized carbons (Fsp3) is 0.800. The second kappa shape index (κ2) is 11.4. The van der Waals surface area contributed by atoms with Crippen molar-refractivity contribution in [3.63, 3.8) is 0 Å². The van der Waals surface area contributed by atoms with E-state index in [1.807, 2.05) is 0 Å². The Labute approximate surface area is 171 Å². The lowest BCUT2D eigenvalue weighted by molar-refractivity contribution is -0.139. The molecule has 1 heterocycles. The van der Waals surface area contributed by atoms with Crippen molar-refractivity contribution in [2.24, 2.45) is 11.8 Å². The fourth-order valence-electron chi connectivity index (χ4n) is 3.83. The van der Waals surface area contributed by atoms with Gasteiger partial charge in [-0.25, -0.2) is 0 Å². The van der Waals surface area contributed by atoms with Crippen molar-refractivity contribution < 1.29 is 19.2 Å². The van der Waals surface area contributed by atoms with Crippen LogP contribution in [-0.2, 0) is 19.2 Å². The maximum atomic E-state index is 12.6. The molecule has 1 saturated heterocycles. The summed E-state index contributed by atoms with van der Waals surface area (Å²) in [4.78, 5) is 49.8. The van der Waals surface area contributed by atoms with Crippen LogP contribution < -0.4 is 10.6 Å². The number of unbranched alkanes of at least 4 members (excludes halogenated alkanes) is 1. The van der Waals surface area contributed by atoms with E-state index in [9.17, 15) is 19.2 Å². The topological polar surface area (TPSA) is 95.6 Å². The zero-order chi connectivity index (χ0) is 20.5. The molecule has 1 saturated carbocycles. The molecule has 4 amide bonds. The van der Waals surface area contributed by atoms with Crippen LogP contribution in [0.3, 0.4) is 0 Å². The SMILES string of the molecule is CCCCNC(=O)CCSC1CC(=O)N(CC2CCC(C(=O)NC)CC2)C1=O. The van der Waals surface area contributed by atoms with E-state index in [0.29, 0.717) is 25.3 Å². The van der Waals surface area contributed by atoms with Gasteiger partial charge in [-0.3, -0.25) is 24.1 Å². The maximum absolute atomic E-state index is 12.6. The number of amides is 4. The smallest absolute Gasteiger partial charge is 0.242 e. The molecule has 0 aromatic heterocycles. The molecule has 2 aliphatic rings. The Balaban J connectivity index is 1.71. The van der Waals surface area contributed by atoms with E-state index in [4.69, 9.17) is 0 Å². The molecule has 1 aliphatic carbocycles. The van der Waals surface area contributed by atoms with Gasteiger partial charge in [-0.15, -0.1) is 11.8 Å². The van der Waals surface area contributed by atoms with Gasteiger partial charge in [0.05, 0.1) is 5.25 Å². The number of imide groups is 1. The normalized spacial score (nSPS) is 25.1. The van der Waals surface area contributed by atoms with E-state index in [1.54, 1.807) is 7.05 Å². The third kappa shape index (κ3) is 6.50. The van der Waals surface area contributed by atoms with Crippen LogP contribution in [0.4, 0.5) is 0 Å². The number of thioether (sulfide) groups is 1. The predicted molar refractivity (Wildman–Crippen MR) is 110 cm³/mol. The second-order valence-corrected chi connectivity index (χ2v) is 9.00. The molecule has 2 fully saturated rings. The summed E-state index contributed by atoms with van der Waals surface area (Å²) >= 11 is 1.41. The average Bonchev–Trinajstić information content (AvgIpc) is 2.95. The number of nitrogens with zero attached hydrogens (tertiary/aromatic N) is 1. The highest BCUT2D eigenvalue weighted by Gasteiger charge is 2.40. The molecule has 1 unspecified atom stereocenters. The Morgan fingerprint density at radius 1 is 1.18 bits per heavy atom. The van der Waals surface area contributed by atoms with E-state index in [1.165, 1.54) is 16.7 Å². The number of likely N-dealkylation sites (tertiary alicyclic amines) is 1. The quantitative estimate of drug-likeness (QED) is 0.421. The summed E-state index contributed by atoms with van der Waals surface area (Å²) < 4.78 is 0. The Bertz CT molecular complexity index is 576. The first kappa shape index (κ1) is 22.7. The summed E-state index contributed by atoms with van der Waals surface area (Å²) in [7, 11) is 1.66. The largest absolute Gasteiger partial charge is 0.359 e. The zero-order valence-corrected chi connectivity index (χ0v) is 17.8. The maximum Gasteiger partial charge on any atom is 0.242 e. The predicted octanol–water partition coefficient (Wildman–Crippen LogP) is 1.71. The number of hydrogen-bond acceptors (Lipinski definition) is 5. The molecule has 2 rings (SSSR count). The molecule has 1 atom stereocenters. The van der Waals surface area contributed by atoms with Gasteiger partial charge >= 0.3 is 0 Å². The fourth-order valence-corrected chi connectivity index (χ4v) is 4.95. The second-order valence-electron chi connectivity index (χ2n) is 7.69. The molecule has 28 heavy (non-hydrogen) atoms. The molecule has 0 aromatic rings. The third-order valence-corrected chi connectivity index (χ3v) is 6.82. The summed E-state index contributed by atoms with van der Waals surface area (Å²) in [5.74, 6) is 0.745. The van der Waals surface area contributed by atoms with Crippen molar-refractivity contribution in [1.29, 1.82) is 0 Å². The van der Waals surface area contributed by atoms with Crippen LogP contribution in [-0.4, -0.2) is 59.7 Å². The summed E-state index contributed by atoms with van der Waals surface area (Å²) in [6.45, 7) is 3.23. The molecular formula is C20H33N3O4S. The van der Waals surface area contributed by atoms with Gasteiger partial charge in [-0.1, -0.05) is 13.3 Å². The Hall–Kier alpha value is -1.57. The van der Waals surface area contributed by atoms with Crippen molar-refractivity contribution in [2.45, 2.75) is 63.5 Å². The van der Waals surface area contributed by atoms with E-state index < -0.39 is 0 Å². The first-order valence-corrected chi connectivity index (χ1v) is 11.4. The molecule has 0 bridgehead atoms. The Morgan fingerprint density at radius 3 is 2.54 bits per heavy atom. The zero-order valence-electron chi connectivity index (χ0n) is 17.0. The van der Waals surface area contributed by atoms with Crippen molar-refractivity contribution >= 4 is 35.4 Å². The van der Waals surface area contributed by atoms with Crippen LogP contribution >= 0.6 is 11.8 Å². The van der Waals surface area contributed by atoms with Gasteiger partial charge in [0.25, 0.3) is 0 Å². The molecule has 2 N–H and O–H groups in total. The molecule has 1 aliphatic heterocycles. The monoisotopic (exact) mass is 411 g/mol. The first-order chi connectivity index (χ1) is 13.5. The summed E-state index contributed by atoms with van der Waals surface area (Å²) in [5, 5.41) is 5.20. The van der Waals surface area contributed by atoms with Crippen LogP contribution in [0.25, 0.3) is 0 Å². The van der Waals surface area contributed by atoms with Gasteiger partial charge in [-0.2, -0.15) is 0 Å². The van der Waals surface area contributed by atoms with Crippen LogP contribution in [0.1, 0.15) is 58.3 Å². The highest BCUT2D eigenvalue weighted by molar-refractivity contribution is 8.00. The molecule has 158 valence electrons. The number of rotatable bonds is 10. The van der Waals surface area contributed by atoms with E-state index in [0.717, 1.165) is 38.5 Å². The number of carbonyl (C=O) groups excluding carboxylic acids is 4. The van der Waals surface area contributed by atoms with Crippen molar-refractivity contribution in [3.05, 3.63) is 0 Å². The first-order valence-electron chi connectivity index (χ1n) is 10.4. The van der Waals surface area contributed by atoms with Crippen molar-refractivity contribution in [3.8, 4) is 0 Å². The van der Waals surface area contributed by atoms with Crippen LogP contribution in [0.5, 0.6) is 0 Å². The van der Waals surface area contributed by atoms with Gasteiger partial charge in [0.15, 0.2) is 0 Å². The van der Waals surface area contributed by atoms with Gasteiger partial charge in [-0.05, 0) is 38.0 Å². The summed E-state index contributed by atoms with van der Waals surface area (Å²) in [6, 6.07) is 0. The highest BCUT2D eigenvalue weighted by atomic mass is 32.2. The van der Waals surface area contributed by atoms with E-state index in [2.05, 4.69) is 17.6 Å². The standard InChI is InChI=1S/C20H33N3O4S/c1-3-4-10-22-17(24)9-11-28-16-12-18(25)23(20(16)27)13-14-5-7-15(8-6-14)19(26)21-2/h14-16H,3-13H2,1-2H3,(H,21,26)(H,22,24). The molecule has 7 nitrogen and oxygen atoms in total. The van der Waals surface area contributed by atoms with Gasteiger partial charge < -0.3 is 10.6 Å². The van der Waals surface area contributed by atoms with Crippen molar-refractivity contribution in [2.75, 3.05) is 25.9 Å². The van der Waals surface area contributed by atoms with Gasteiger partial charge in [0, 0.05) is 44.6 Å². The summed E-state index contributed by atoms with van der Waals surface area (Å²) in [6.07, 6.45) is 5.96. The Kier molecular flexibility index (Phi) is 9.28. The third-order valence-electron chi connectivity index (χ3n) is 5.61. The highest BCUT2D eigenvalue weighted by Crippen LogP contribution is 2.32. The lowest BCUT2D eigenvalue weighted by Crippen LogP contribution is -2.38. The molecule has 0 spiro atoms. The van der Waals surface area contributed by atoms with Gasteiger partial charge in [0.2, 0.25) is 23.6 Å².